The number of para-hydroxylation sites is 2. The lowest BCUT2D eigenvalue weighted by atomic mass is 9.89. The molecule has 4 rings (SSSR count). The summed E-state index contributed by atoms with van der Waals surface area (Å²) >= 11 is 0. The molecule has 0 spiro atoms. The highest BCUT2D eigenvalue weighted by Gasteiger charge is 2.33. The van der Waals surface area contributed by atoms with Gasteiger partial charge in [0.25, 0.3) is 0 Å². The van der Waals surface area contributed by atoms with Gasteiger partial charge in [0, 0.05) is 31.6 Å². The summed E-state index contributed by atoms with van der Waals surface area (Å²) in [6, 6.07) is 9.49. The number of carbonyl (C=O) groups is 1. The number of carbonyl (C=O) groups excluding carboxylic acids is 1. The van der Waals surface area contributed by atoms with Gasteiger partial charge >= 0.3 is 0 Å². The van der Waals surface area contributed by atoms with Gasteiger partial charge in [-0.25, -0.2) is 4.98 Å². The highest BCUT2D eigenvalue weighted by atomic mass is 16.1. The summed E-state index contributed by atoms with van der Waals surface area (Å²) in [5.41, 5.74) is 2.19. The number of hydrogen-bond acceptors (Lipinski definition) is 3. The summed E-state index contributed by atoms with van der Waals surface area (Å²) in [5.74, 6) is 0.790. The molecule has 2 atom stereocenters. The van der Waals surface area contributed by atoms with Gasteiger partial charge in [0.2, 0.25) is 5.91 Å². The van der Waals surface area contributed by atoms with E-state index in [1.165, 1.54) is 25.7 Å². The maximum atomic E-state index is 12.2. The smallest absolute Gasteiger partial charge is 0.220 e. The molecule has 1 amide bonds. The zero-order chi connectivity index (χ0) is 16.4. The van der Waals surface area contributed by atoms with Crippen LogP contribution in [-0.2, 0) is 11.3 Å². The van der Waals surface area contributed by atoms with Gasteiger partial charge in [-0.05, 0) is 50.2 Å². The minimum Gasteiger partial charge on any atom is -0.356 e. The quantitative estimate of drug-likeness (QED) is 0.802. The van der Waals surface area contributed by atoms with Crippen LogP contribution in [0, 0.1) is 5.92 Å². The summed E-state index contributed by atoms with van der Waals surface area (Å²) in [6.45, 7) is 1.63. The zero-order valence-electron chi connectivity index (χ0n) is 14.1. The van der Waals surface area contributed by atoms with Gasteiger partial charge in [0.1, 0.15) is 0 Å². The van der Waals surface area contributed by atoms with Gasteiger partial charge in [-0.15, -0.1) is 0 Å². The lowest BCUT2D eigenvalue weighted by Crippen LogP contribution is -2.39. The van der Waals surface area contributed by atoms with Gasteiger partial charge in [-0.2, -0.15) is 0 Å². The van der Waals surface area contributed by atoms with Crippen molar-refractivity contribution in [3.8, 4) is 0 Å². The molecule has 5 nitrogen and oxygen atoms in total. The monoisotopic (exact) mass is 326 g/mol. The van der Waals surface area contributed by atoms with Crippen molar-refractivity contribution in [1.29, 1.82) is 0 Å². The molecule has 0 radical (unpaired) electrons. The van der Waals surface area contributed by atoms with Crippen molar-refractivity contribution in [3.05, 3.63) is 30.6 Å². The van der Waals surface area contributed by atoms with Crippen LogP contribution in [0.2, 0.25) is 0 Å². The molecule has 1 aromatic carbocycles. The van der Waals surface area contributed by atoms with Crippen LogP contribution < -0.4 is 10.6 Å². The number of hydrogen-bond donors (Lipinski definition) is 2. The van der Waals surface area contributed by atoms with Gasteiger partial charge < -0.3 is 15.2 Å². The van der Waals surface area contributed by atoms with Crippen LogP contribution in [0.5, 0.6) is 0 Å². The van der Waals surface area contributed by atoms with Crippen LogP contribution in [0.25, 0.3) is 11.0 Å². The first-order chi connectivity index (χ1) is 11.8. The zero-order valence-corrected chi connectivity index (χ0v) is 14.1. The highest BCUT2D eigenvalue weighted by Crippen LogP contribution is 2.32. The second-order valence-corrected chi connectivity index (χ2v) is 7.31. The molecule has 0 saturated carbocycles. The number of amides is 1. The van der Waals surface area contributed by atoms with Crippen molar-refractivity contribution in [1.82, 2.24) is 20.2 Å². The minimum absolute atomic E-state index is 0.219. The molecular formula is C19H26N4O. The van der Waals surface area contributed by atoms with E-state index in [1.54, 1.807) is 0 Å². The molecule has 2 aromatic rings. The van der Waals surface area contributed by atoms with E-state index >= 15 is 0 Å². The number of benzene rings is 1. The van der Waals surface area contributed by atoms with Crippen LogP contribution in [0.4, 0.5) is 0 Å². The standard InChI is InChI=1S/C19H26N4O/c24-19(12-14-10-15-6-7-16(11-14)22-15)20-8-3-9-23-13-21-17-4-1-2-5-18(17)23/h1-2,4-5,13-16,22H,3,6-12H2,(H,20,24). The van der Waals surface area contributed by atoms with E-state index in [4.69, 9.17) is 0 Å². The molecule has 3 heterocycles. The second-order valence-electron chi connectivity index (χ2n) is 7.31. The Morgan fingerprint density at radius 3 is 2.88 bits per heavy atom. The van der Waals surface area contributed by atoms with Crippen molar-refractivity contribution in [2.24, 2.45) is 5.92 Å². The number of aryl methyl sites for hydroxylation is 1. The first-order valence-electron chi connectivity index (χ1n) is 9.20. The molecule has 0 aliphatic carbocycles. The van der Waals surface area contributed by atoms with Crippen molar-refractivity contribution < 1.29 is 4.79 Å². The highest BCUT2D eigenvalue weighted by molar-refractivity contribution is 5.76. The van der Waals surface area contributed by atoms with Gasteiger partial charge in [-0.1, -0.05) is 12.1 Å². The number of nitrogens with zero attached hydrogens (tertiary/aromatic N) is 2. The Morgan fingerprint density at radius 1 is 1.25 bits per heavy atom. The van der Waals surface area contributed by atoms with Crippen LogP contribution in [0.1, 0.15) is 38.5 Å². The van der Waals surface area contributed by atoms with E-state index < -0.39 is 0 Å². The fourth-order valence-electron chi connectivity index (χ4n) is 4.34. The summed E-state index contributed by atoms with van der Waals surface area (Å²) in [7, 11) is 0. The molecule has 2 N–H and O–H groups in total. The molecule has 2 saturated heterocycles. The van der Waals surface area contributed by atoms with E-state index in [2.05, 4.69) is 26.3 Å². The summed E-state index contributed by atoms with van der Waals surface area (Å²) < 4.78 is 2.16. The van der Waals surface area contributed by atoms with Crippen molar-refractivity contribution in [2.75, 3.05) is 6.54 Å². The van der Waals surface area contributed by atoms with E-state index in [0.29, 0.717) is 24.4 Å². The Labute approximate surface area is 142 Å². The molecule has 24 heavy (non-hydrogen) atoms. The van der Waals surface area contributed by atoms with Crippen LogP contribution in [-0.4, -0.2) is 34.1 Å². The molecule has 1 aromatic heterocycles. The van der Waals surface area contributed by atoms with Gasteiger partial charge in [0.15, 0.2) is 0 Å². The van der Waals surface area contributed by atoms with Crippen molar-refractivity contribution in [3.63, 3.8) is 0 Å². The number of aromatic nitrogens is 2. The molecule has 2 bridgehead atoms. The third-order valence-corrected chi connectivity index (χ3v) is 5.47. The number of rotatable bonds is 6. The van der Waals surface area contributed by atoms with E-state index in [-0.39, 0.29) is 5.91 Å². The van der Waals surface area contributed by atoms with Crippen LogP contribution >= 0.6 is 0 Å². The lowest BCUT2D eigenvalue weighted by Gasteiger charge is -2.28. The fourth-order valence-corrected chi connectivity index (χ4v) is 4.34. The molecule has 128 valence electrons. The first kappa shape index (κ1) is 15.6. The summed E-state index contributed by atoms with van der Waals surface area (Å²) in [4.78, 5) is 16.6. The number of piperidine rings is 1. The molecular weight excluding hydrogens is 300 g/mol. The van der Waals surface area contributed by atoms with Crippen LogP contribution in [0.3, 0.4) is 0 Å². The summed E-state index contributed by atoms with van der Waals surface area (Å²) in [6.07, 6.45) is 8.45. The number of fused-ring (bicyclic) bond motifs is 3. The molecule has 2 aliphatic heterocycles. The Kier molecular flexibility index (Phi) is 4.52. The average molecular weight is 326 g/mol. The third-order valence-electron chi connectivity index (χ3n) is 5.47. The molecule has 2 aliphatic rings. The maximum absolute atomic E-state index is 12.2. The Bertz CT molecular complexity index is 698. The Hall–Kier alpha value is -1.88. The third kappa shape index (κ3) is 3.46. The SMILES string of the molecule is O=C(CC1CC2CCC(C1)N2)NCCCn1cnc2ccccc21. The number of nitrogens with one attached hydrogen (secondary N) is 2. The van der Waals surface area contributed by atoms with Gasteiger partial charge in [-0.3, -0.25) is 4.79 Å². The largest absolute Gasteiger partial charge is 0.356 e. The lowest BCUT2D eigenvalue weighted by molar-refractivity contribution is -0.122. The summed E-state index contributed by atoms with van der Waals surface area (Å²) in [5, 5.41) is 6.73. The normalized spacial score (nSPS) is 25.9. The second kappa shape index (κ2) is 6.93. The van der Waals surface area contributed by atoms with E-state index in [0.717, 1.165) is 30.5 Å². The molecule has 2 unspecified atom stereocenters. The fraction of sp³-hybridized carbons (Fsp3) is 0.579. The predicted molar refractivity (Wildman–Crippen MR) is 94.6 cm³/mol. The van der Waals surface area contributed by atoms with E-state index in [1.807, 2.05) is 24.5 Å². The molecule has 2 fully saturated rings. The molecule has 5 heteroatoms. The minimum atomic E-state index is 0.219. The van der Waals surface area contributed by atoms with Gasteiger partial charge in [0.05, 0.1) is 17.4 Å². The Balaban J connectivity index is 1.19. The van der Waals surface area contributed by atoms with Crippen molar-refractivity contribution in [2.45, 2.75) is 57.2 Å². The first-order valence-corrected chi connectivity index (χ1v) is 9.20. The van der Waals surface area contributed by atoms with Crippen molar-refractivity contribution >= 4 is 16.9 Å². The Morgan fingerprint density at radius 2 is 2.04 bits per heavy atom. The number of imidazole rings is 1. The topological polar surface area (TPSA) is 59.0 Å². The average Bonchev–Trinajstić information content (AvgIpc) is 3.15. The maximum Gasteiger partial charge on any atom is 0.220 e. The predicted octanol–water partition coefficient (Wildman–Crippen LogP) is 2.46. The van der Waals surface area contributed by atoms with E-state index in [9.17, 15) is 4.79 Å². The van der Waals surface area contributed by atoms with Crippen LogP contribution in [0.15, 0.2) is 30.6 Å².